The number of nitrogens with zero attached hydrogens (tertiary/aromatic N) is 2. The molecule has 1 heterocycles. The van der Waals surface area contributed by atoms with Crippen molar-refractivity contribution in [3.63, 3.8) is 0 Å². The molecule has 2 nitrogen and oxygen atoms in total. The third-order valence-electron chi connectivity index (χ3n) is 12.0. The van der Waals surface area contributed by atoms with Crippen molar-refractivity contribution < 1.29 is 0 Å². The van der Waals surface area contributed by atoms with E-state index in [9.17, 15) is 0 Å². The molecule has 288 valence electrons. The van der Waals surface area contributed by atoms with Crippen molar-refractivity contribution >= 4 is 49.6 Å². The zero-order valence-corrected chi connectivity index (χ0v) is 33.9. The summed E-state index contributed by atoms with van der Waals surface area (Å²) < 4.78 is 2.48. The largest absolute Gasteiger partial charge is 0.310 e. The van der Waals surface area contributed by atoms with Gasteiger partial charge in [-0.15, -0.1) is 0 Å². The first-order valence-electron chi connectivity index (χ1n) is 21.0. The number of rotatable bonds is 8. The van der Waals surface area contributed by atoms with Gasteiger partial charge in [0.25, 0.3) is 0 Å². The smallest absolute Gasteiger partial charge is 0.0562 e. The highest BCUT2D eigenvalue weighted by molar-refractivity contribution is 6.11. The van der Waals surface area contributed by atoms with Crippen LogP contribution in [0.15, 0.2) is 237 Å². The highest BCUT2D eigenvalue weighted by Gasteiger charge is 2.20. The minimum absolute atomic E-state index is 1.08. The Morgan fingerprint density at radius 1 is 0.311 bits per heavy atom. The van der Waals surface area contributed by atoms with Crippen molar-refractivity contribution in [3.05, 3.63) is 242 Å². The number of hydrogen-bond acceptors (Lipinski definition) is 1. The molecule has 0 amide bonds. The molecule has 10 aromatic carbocycles. The van der Waals surface area contributed by atoms with Gasteiger partial charge in [0.1, 0.15) is 0 Å². The predicted octanol–water partition coefficient (Wildman–Crippen LogP) is 16.4. The number of para-hydroxylation sites is 1. The first-order chi connectivity index (χ1) is 30.2. The molecule has 0 aliphatic heterocycles. The van der Waals surface area contributed by atoms with Gasteiger partial charge in [0, 0.05) is 33.4 Å². The Labute approximate surface area is 356 Å². The fraction of sp³-hybridized carbons (Fsp3) is 0.0169. The molecule has 0 atom stereocenters. The van der Waals surface area contributed by atoms with Gasteiger partial charge in [0.15, 0.2) is 0 Å². The summed E-state index contributed by atoms with van der Waals surface area (Å²) in [6, 6.07) is 86.1. The van der Waals surface area contributed by atoms with Crippen LogP contribution in [0.25, 0.3) is 82.8 Å². The Morgan fingerprint density at radius 3 is 1.51 bits per heavy atom. The monoisotopic (exact) mass is 778 g/mol. The van der Waals surface area contributed by atoms with E-state index in [0.29, 0.717) is 0 Å². The molecule has 0 radical (unpaired) electrons. The van der Waals surface area contributed by atoms with Crippen LogP contribution in [0, 0.1) is 6.92 Å². The molecule has 0 saturated carbocycles. The van der Waals surface area contributed by atoms with E-state index in [1.165, 1.54) is 77.1 Å². The van der Waals surface area contributed by atoms with Crippen molar-refractivity contribution in [1.29, 1.82) is 0 Å². The molecule has 0 unspecified atom stereocenters. The Morgan fingerprint density at radius 2 is 0.820 bits per heavy atom. The fourth-order valence-electron chi connectivity index (χ4n) is 9.09. The van der Waals surface area contributed by atoms with Gasteiger partial charge in [-0.25, -0.2) is 0 Å². The molecule has 0 bridgehead atoms. The molecule has 0 aliphatic rings. The summed E-state index contributed by atoms with van der Waals surface area (Å²) in [6.07, 6.45) is 0. The van der Waals surface area contributed by atoms with Crippen LogP contribution < -0.4 is 4.90 Å². The van der Waals surface area contributed by atoms with E-state index in [1.54, 1.807) is 0 Å². The van der Waals surface area contributed by atoms with Crippen LogP contribution in [-0.4, -0.2) is 4.57 Å². The molecular weight excluding hydrogens is 737 g/mol. The summed E-state index contributed by atoms with van der Waals surface area (Å²) >= 11 is 0. The number of hydrogen-bond donors (Lipinski definition) is 0. The quantitative estimate of drug-likeness (QED) is 0.149. The Hall–Kier alpha value is -7.94. The summed E-state index contributed by atoms with van der Waals surface area (Å²) in [5.41, 5.74) is 17.6. The molecule has 0 N–H and O–H groups in total. The van der Waals surface area contributed by atoms with Gasteiger partial charge in [-0.05, 0) is 111 Å². The van der Waals surface area contributed by atoms with E-state index >= 15 is 0 Å². The van der Waals surface area contributed by atoms with E-state index in [-0.39, 0.29) is 0 Å². The molecule has 0 aliphatic carbocycles. The van der Waals surface area contributed by atoms with E-state index < -0.39 is 0 Å². The third-order valence-corrected chi connectivity index (χ3v) is 12.0. The van der Waals surface area contributed by atoms with Gasteiger partial charge in [-0.2, -0.15) is 0 Å². The van der Waals surface area contributed by atoms with Crippen LogP contribution in [-0.2, 0) is 0 Å². The fourth-order valence-corrected chi connectivity index (χ4v) is 9.09. The lowest BCUT2D eigenvalue weighted by atomic mass is 9.93. The van der Waals surface area contributed by atoms with Crippen molar-refractivity contribution in [3.8, 4) is 50.2 Å². The van der Waals surface area contributed by atoms with Crippen molar-refractivity contribution in [2.45, 2.75) is 6.92 Å². The number of fused-ring (bicyclic) bond motifs is 4. The van der Waals surface area contributed by atoms with Crippen LogP contribution in [0.5, 0.6) is 0 Å². The average molecular weight is 779 g/mol. The van der Waals surface area contributed by atoms with E-state index in [4.69, 9.17) is 0 Å². The Bertz CT molecular complexity index is 3250. The second kappa shape index (κ2) is 15.3. The second-order valence-electron chi connectivity index (χ2n) is 15.8. The van der Waals surface area contributed by atoms with Crippen molar-refractivity contribution in [2.75, 3.05) is 4.90 Å². The van der Waals surface area contributed by atoms with Gasteiger partial charge in [0.05, 0.1) is 16.7 Å². The van der Waals surface area contributed by atoms with Gasteiger partial charge in [-0.1, -0.05) is 188 Å². The first-order valence-corrected chi connectivity index (χ1v) is 21.0. The highest BCUT2D eigenvalue weighted by Crippen LogP contribution is 2.43. The zero-order chi connectivity index (χ0) is 40.7. The van der Waals surface area contributed by atoms with Crippen molar-refractivity contribution in [2.24, 2.45) is 0 Å². The lowest BCUT2D eigenvalue weighted by Gasteiger charge is -2.26. The van der Waals surface area contributed by atoms with Crippen molar-refractivity contribution in [1.82, 2.24) is 4.57 Å². The average Bonchev–Trinajstić information content (AvgIpc) is 3.66. The second-order valence-corrected chi connectivity index (χ2v) is 15.8. The lowest BCUT2D eigenvalue weighted by molar-refractivity contribution is 1.18. The van der Waals surface area contributed by atoms with Gasteiger partial charge < -0.3 is 9.47 Å². The van der Waals surface area contributed by atoms with Crippen LogP contribution >= 0.6 is 0 Å². The van der Waals surface area contributed by atoms with Gasteiger partial charge in [-0.3, -0.25) is 0 Å². The molecule has 0 saturated heterocycles. The molecule has 1 aromatic heterocycles. The molecule has 61 heavy (non-hydrogen) atoms. The molecular formula is C59H42N2. The lowest BCUT2D eigenvalue weighted by Crippen LogP contribution is -2.10. The summed E-state index contributed by atoms with van der Waals surface area (Å²) in [5.74, 6) is 0. The maximum absolute atomic E-state index is 2.48. The van der Waals surface area contributed by atoms with Crippen LogP contribution in [0.4, 0.5) is 17.1 Å². The SMILES string of the molecule is Cc1cccc(-c2cc(-c3cccc4ccccc34)ccc2-n2c3ccccc3c3ccc(N(c4ccc(-c5ccccc5)cc4)c4ccc(-c5ccccc5)cc4)cc32)c1. The number of aromatic nitrogens is 1. The molecule has 11 rings (SSSR count). The number of benzene rings is 10. The minimum Gasteiger partial charge on any atom is -0.310 e. The maximum atomic E-state index is 2.48. The molecule has 11 aromatic rings. The Balaban J connectivity index is 1.12. The minimum atomic E-state index is 1.08. The van der Waals surface area contributed by atoms with Gasteiger partial charge >= 0.3 is 0 Å². The van der Waals surface area contributed by atoms with Gasteiger partial charge in [0.2, 0.25) is 0 Å². The normalized spacial score (nSPS) is 11.4. The van der Waals surface area contributed by atoms with Crippen LogP contribution in [0.3, 0.4) is 0 Å². The first kappa shape index (κ1) is 36.2. The number of aryl methyl sites for hydroxylation is 1. The number of anilines is 3. The summed E-state index contributed by atoms with van der Waals surface area (Å²) in [7, 11) is 0. The van der Waals surface area contributed by atoms with E-state index in [0.717, 1.165) is 28.3 Å². The summed E-state index contributed by atoms with van der Waals surface area (Å²) in [4.78, 5) is 2.38. The topological polar surface area (TPSA) is 8.17 Å². The molecule has 2 heteroatoms. The van der Waals surface area contributed by atoms with Crippen LogP contribution in [0.1, 0.15) is 5.56 Å². The predicted molar refractivity (Wildman–Crippen MR) is 259 cm³/mol. The standard InChI is InChI=1S/C59H42N2/c1-41-14-12-21-47(38-41)56-39-48(53-24-13-20-46-19-8-9-22-52(46)53)30-37-58(56)61-57-25-11-10-23-54(57)55-36-35-51(40-59(55)61)60(49-31-26-44(27-32-49)42-15-4-2-5-16-42)50-33-28-45(29-34-50)43-17-6-3-7-18-43/h2-40H,1H3. The van der Waals surface area contributed by atoms with E-state index in [1.807, 2.05) is 0 Å². The molecule has 0 spiro atoms. The summed E-state index contributed by atoms with van der Waals surface area (Å²) in [5, 5.41) is 4.93. The zero-order valence-electron chi connectivity index (χ0n) is 33.9. The molecule has 0 fully saturated rings. The highest BCUT2D eigenvalue weighted by atomic mass is 15.1. The Kier molecular flexibility index (Phi) is 9.09. The van der Waals surface area contributed by atoms with Crippen LogP contribution in [0.2, 0.25) is 0 Å². The third kappa shape index (κ3) is 6.65. The maximum Gasteiger partial charge on any atom is 0.0562 e. The summed E-state index contributed by atoms with van der Waals surface area (Å²) in [6.45, 7) is 2.18. The van der Waals surface area contributed by atoms with E-state index in [2.05, 4.69) is 253 Å².